The quantitative estimate of drug-likeness (QED) is 0.532. The average molecular weight is 164 g/mol. The standard InChI is InChI=1S/C8H8N2O2/c11-7-3-6-5(4-10-7)1-2-9-8(6)12/h3-5H,1-2H2,(H,9,12). The number of dihydropyridines is 1. The van der Waals surface area contributed by atoms with Crippen LogP contribution in [0.4, 0.5) is 0 Å². The van der Waals surface area contributed by atoms with Crippen molar-refractivity contribution in [3.05, 3.63) is 11.6 Å². The molecule has 4 heteroatoms. The molecule has 1 fully saturated rings. The predicted molar refractivity (Wildman–Crippen MR) is 42.7 cm³/mol. The van der Waals surface area contributed by atoms with Crippen LogP contribution in [0, 0.1) is 5.92 Å². The van der Waals surface area contributed by atoms with Crippen molar-refractivity contribution < 1.29 is 9.59 Å². The van der Waals surface area contributed by atoms with E-state index in [9.17, 15) is 9.59 Å². The molecule has 0 saturated carbocycles. The zero-order valence-corrected chi connectivity index (χ0v) is 6.41. The Bertz CT molecular complexity index is 304. The van der Waals surface area contributed by atoms with Crippen LogP contribution in [-0.2, 0) is 9.59 Å². The molecule has 62 valence electrons. The van der Waals surface area contributed by atoms with Gasteiger partial charge < -0.3 is 5.32 Å². The molecule has 0 aliphatic carbocycles. The average Bonchev–Trinajstić information content (AvgIpc) is 2.07. The van der Waals surface area contributed by atoms with E-state index in [4.69, 9.17) is 0 Å². The Morgan fingerprint density at radius 3 is 3.17 bits per heavy atom. The van der Waals surface area contributed by atoms with Crippen molar-refractivity contribution in [3.63, 3.8) is 0 Å². The van der Waals surface area contributed by atoms with Gasteiger partial charge in [0.05, 0.1) is 0 Å². The molecule has 0 aromatic carbocycles. The van der Waals surface area contributed by atoms with Crippen LogP contribution >= 0.6 is 0 Å². The van der Waals surface area contributed by atoms with Crippen molar-refractivity contribution >= 4 is 18.0 Å². The normalized spacial score (nSPS) is 27.7. The SMILES string of the molecule is O=C1C=C2C(=O)NCCC2C=N1. The van der Waals surface area contributed by atoms with Gasteiger partial charge in [0.1, 0.15) is 0 Å². The van der Waals surface area contributed by atoms with Crippen LogP contribution in [0.3, 0.4) is 0 Å². The van der Waals surface area contributed by atoms with Crippen molar-refractivity contribution in [3.8, 4) is 0 Å². The van der Waals surface area contributed by atoms with Gasteiger partial charge in [-0.3, -0.25) is 9.59 Å². The Labute approximate surface area is 69.4 Å². The van der Waals surface area contributed by atoms with E-state index in [2.05, 4.69) is 10.3 Å². The van der Waals surface area contributed by atoms with E-state index in [0.717, 1.165) is 6.42 Å². The van der Waals surface area contributed by atoms with Crippen molar-refractivity contribution in [1.29, 1.82) is 0 Å². The fourth-order valence-electron chi connectivity index (χ4n) is 1.43. The molecular weight excluding hydrogens is 156 g/mol. The van der Waals surface area contributed by atoms with Crippen LogP contribution in [0.1, 0.15) is 6.42 Å². The summed E-state index contributed by atoms with van der Waals surface area (Å²) in [5, 5.41) is 2.68. The Morgan fingerprint density at radius 1 is 1.50 bits per heavy atom. The van der Waals surface area contributed by atoms with E-state index in [-0.39, 0.29) is 17.7 Å². The summed E-state index contributed by atoms with van der Waals surface area (Å²) in [5.41, 5.74) is 0.557. The van der Waals surface area contributed by atoms with Crippen molar-refractivity contribution in [1.82, 2.24) is 5.32 Å². The second-order valence-electron chi connectivity index (χ2n) is 2.87. The van der Waals surface area contributed by atoms with Gasteiger partial charge in [0, 0.05) is 30.3 Å². The number of aliphatic imine (C=N–C) groups is 1. The summed E-state index contributed by atoms with van der Waals surface area (Å²) in [7, 11) is 0. The van der Waals surface area contributed by atoms with Crippen molar-refractivity contribution in [2.75, 3.05) is 6.54 Å². The van der Waals surface area contributed by atoms with E-state index in [1.54, 1.807) is 6.21 Å². The van der Waals surface area contributed by atoms with Gasteiger partial charge in [0.15, 0.2) is 0 Å². The summed E-state index contributed by atoms with van der Waals surface area (Å²) in [6.45, 7) is 0.668. The third-order valence-electron chi connectivity index (χ3n) is 2.06. The number of carbonyl (C=O) groups excluding carboxylic acids is 2. The molecule has 2 heterocycles. The lowest BCUT2D eigenvalue weighted by Gasteiger charge is -2.23. The Hall–Kier alpha value is -1.45. The first kappa shape index (κ1) is 7.21. The third-order valence-corrected chi connectivity index (χ3v) is 2.06. The topological polar surface area (TPSA) is 58.5 Å². The van der Waals surface area contributed by atoms with Crippen LogP contribution in [0.15, 0.2) is 16.6 Å². The van der Waals surface area contributed by atoms with Gasteiger partial charge in [0.25, 0.3) is 5.91 Å². The highest BCUT2D eigenvalue weighted by atomic mass is 16.2. The molecule has 2 aliphatic rings. The Morgan fingerprint density at radius 2 is 2.33 bits per heavy atom. The molecule has 4 nitrogen and oxygen atoms in total. The summed E-state index contributed by atoms with van der Waals surface area (Å²) in [5.74, 6) is -0.416. The minimum absolute atomic E-state index is 0.0523. The first-order chi connectivity index (χ1) is 5.77. The Balaban J connectivity index is 2.33. The number of rotatable bonds is 0. The van der Waals surface area contributed by atoms with Crippen LogP contribution < -0.4 is 5.32 Å². The molecule has 0 aromatic rings. The monoisotopic (exact) mass is 164 g/mol. The highest BCUT2D eigenvalue weighted by Gasteiger charge is 2.26. The maximum atomic E-state index is 11.2. The zero-order chi connectivity index (χ0) is 8.55. The first-order valence-corrected chi connectivity index (χ1v) is 3.85. The molecular formula is C8H8N2O2. The molecule has 12 heavy (non-hydrogen) atoms. The molecule has 2 amide bonds. The minimum Gasteiger partial charge on any atom is -0.352 e. The predicted octanol–water partition coefficient (Wildman–Crippen LogP) is -0.340. The van der Waals surface area contributed by atoms with E-state index in [1.807, 2.05) is 0 Å². The lowest BCUT2D eigenvalue weighted by molar-refractivity contribution is -0.119. The van der Waals surface area contributed by atoms with Gasteiger partial charge in [-0.05, 0) is 6.42 Å². The number of carbonyl (C=O) groups is 2. The maximum Gasteiger partial charge on any atom is 0.269 e. The van der Waals surface area contributed by atoms with Gasteiger partial charge in [-0.2, -0.15) is 0 Å². The fraction of sp³-hybridized carbons (Fsp3) is 0.375. The molecule has 2 aliphatic heterocycles. The van der Waals surface area contributed by atoms with Crippen LogP contribution in [-0.4, -0.2) is 24.6 Å². The molecule has 2 rings (SSSR count). The molecule has 0 bridgehead atoms. The summed E-state index contributed by atoms with van der Waals surface area (Å²) < 4.78 is 0. The molecule has 1 saturated heterocycles. The smallest absolute Gasteiger partial charge is 0.269 e. The van der Waals surface area contributed by atoms with Gasteiger partial charge in [-0.15, -0.1) is 0 Å². The molecule has 0 radical (unpaired) electrons. The molecule has 1 unspecified atom stereocenters. The van der Waals surface area contributed by atoms with Gasteiger partial charge in [-0.1, -0.05) is 0 Å². The second-order valence-corrected chi connectivity index (χ2v) is 2.87. The largest absolute Gasteiger partial charge is 0.352 e. The Kier molecular flexibility index (Phi) is 1.53. The van der Waals surface area contributed by atoms with Gasteiger partial charge in [-0.25, -0.2) is 4.99 Å². The van der Waals surface area contributed by atoms with Crippen LogP contribution in [0.5, 0.6) is 0 Å². The van der Waals surface area contributed by atoms with E-state index in [0.29, 0.717) is 12.1 Å². The number of nitrogens with one attached hydrogen (secondary N) is 1. The second kappa shape index (κ2) is 2.55. The number of nitrogens with zero attached hydrogens (tertiary/aromatic N) is 1. The fourth-order valence-corrected chi connectivity index (χ4v) is 1.43. The number of hydrogen-bond donors (Lipinski definition) is 1. The molecule has 1 atom stereocenters. The van der Waals surface area contributed by atoms with E-state index < -0.39 is 0 Å². The molecule has 1 N–H and O–H groups in total. The number of fused-ring (bicyclic) bond motifs is 1. The summed E-state index contributed by atoms with van der Waals surface area (Å²) in [6.07, 6.45) is 3.73. The lowest BCUT2D eigenvalue weighted by Crippen LogP contribution is -2.38. The first-order valence-electron chi connectivity index (χ1n) is 3.85. The lowest BCUT2D eigenvalue weighted by atomic mass is 9.91. The maximum absolute atomic E-state index is 11.2. The number of amides is 2. The summed E-state index contributed by atoms with van der Waals surface area (Å²) in [6, 6.07) is 0. The number of hydrogen-bond acceptors (Lipinski definition) is 2. The molecule has 0 aromatic heterocycles. The van der Waals surface area contributed by atoms with Crippen LogP contribution in [0.2, 0.25) is 0 Å². The minimum atomic E-state index is -0.335. The van der Waals surface area contributed by atoms with E-state index in [1.165, 1.54) is 6.08 Å². The summed E-state index contributed by atoms with van der Waals surface area (Å²) >= 11 is 0. The van der Waals surface area contributed by atoms with Crippen molar-refractivity contribution in [2.24, 2.45) is 10.9 Å². The molecule has 0 spiro atoms. The number of piperidine rings is 1. The van der Waals surface area contributed by atoms with Crippen LogP contribution in [0.25, 0.3) is 0 Å². The summed E-state index contributed by atoms with van der Waals surface area (Å²) in [4.78, 5) is 25.6. The zero-order valence-electron chi connectivity index (χ0n) is 6.41. The third kappa shape index (κ3) is 1.05. The van der Waals surface area contributed by atoms with Crippen molar-refractivity contribution in [2.45, 2.75) is 6.42 Å². The highest BCUT2D eigenvalue weighted by Crippen LogP contribution is 2.20. The highest BCUT2D eigenvalue weighted by molar-refractivity contribution is 6.09. The van der Waals surface area contributed by atoms with Gasteiger partial charge in [0.2, 0.25) is 5.91 Å². The van der Waals surface area contributed by atoms with E-state index >= 15 is 0 Å². The van der Waals surface area contributed by atoms with Gasteiger partial charge >= 0.3 is 0 Å².